The van der Waals surface area contributed by atoms with Crippen LogP contribution in [0.2, 0.25) is 0 Å². The summed E-state index contributed by atoms with van der Waals surface area (Å²) in [5.41, 5.74) is 6.96. The van der Waals surface area contributed by atoms with E-state index in [-0.39, 0.29) is 5.54 Å². The predicted molar refractivity (Wildman–Crippen MR) is 75.3 cm³/mol. The van der Waals surface area contributed by atoms with Crippen LogP contribution in [0.4, 0.5) is 0 Å². The van der Waals surface area contributed by atoms with E-state index in [2.05, 4.69) is 27.3 Å². The Morgan fingerprint density at radius 3 is 2.71 bits per heavy atom. The standard InChI is InChI=1S/C13H21BrN2O/c1-13(2,15)6-7-16-9-10-8-11(14)4-5-12(10)17-3/h4-5,8,16H,6-7,9,15H2,1-3H3. The second kappa shape index (κ2) is 6.38. The van der Waals surface area contributed by atoms with Crippen LogP contribution < -0.4 is 15.8 Å². The van der Waals surface area contributed by atoms with E-state index < -0.39 is 0 Å². The Morgan fingerprint density at radius 1 is 1.41 bits per heavy atom. The molecule has 0 heterocycles. The first-order valence-electron chi connectivity index (χ1n) is 5.74. The van der Waals surface area contributed by atoms with Crippen molar-refractivity contribution in [2.24, 2.45) is 5.73 Å². The van der Waals surface area contributed by atoms with Gasteiger partial charge in [-0.25, -0.2) is 0 Å². The molecule has 0 saturated heterocycles. The molecule has 96 valence electrons. The van der Waals surface area contributed by atoms with Crippen molar-refractivity contribution in [3.05, 3.63) is 28.2 Å². The number of halogens is 1. The number of benzene rings is 1. The van der Waals surface area contributed by atoms with Gasteiger partial charge >= 0.3 is 0 Å². The molecule has 0 spiro atoms. The van der Waals surface area contributed by atoms with Gasteiger partial charge in [0.1, 0.15) is 5.75 Å². The zero-order chi connectivity index (χ0) is 12.9. The Bertz CT molecular complexity index is 361. The van der Waals surface area contributed by atoms with Gasteiger partial charge in [0.25, 0.3) is 0 Å². The number of nitrogens with one attached hydrogen (secondary N) is 1. The maximum Gasteiger partial charge on any atom is 0.123 e. The third kappa shape index (κ3) is 5.52. The van der Waals surface area contributed by atoms with Crippen molar-refractivity contribution < 1.29 is 4.74 Å². The molecule has 3 nitrogen and oxygen atoms in total. The molecule has 3 N–H and O–H groups in total. The van der Waals surface area contributed by atoms with E-state index in [4.69, 9.17) is 10.5 Å². The van der Waals surface area contributed by atoms with E-state index in [9.17, 15) is 0 Å². The molecule has 0 atom stereocenters. The number of ether oxygens (including phenoxy) is 1. The van der Waals surface area contributed by atoms with E-state index in [0.717, 1.165) is 35.3 Å². The summed E-state index contributed by atoms with van der Waals surface area (Å²) in [4.78, 5) is 0. The summed E-state index contributed by atoms with van der Waals surface area (Å²) >= 11 is 3.46. The molecule has 4 heteroatoms. The quantitative estimate of drug-likeness (QED) is 0.794. The van der Waals surface area contributed by atoms with Gasteiger partial charge in [0, 0.05) is 22.1 Å². The largest absolute Gasteiger partial charge is 0.496 e. The van der Waals surface area contributed by atoms with Crippen LogP contribution in [-0.2, 0) is 6.54 Å². The molecule has 1 aromatic rings. The first-order valence-corrected chi connectivity index (χ1v) is 6.54. The minimum absolute atomic E-state index is 0.117. The lowest BCUT2D eigenvalue weighted by atomic mass is 10.0. The van der Waals surface area contributed by atoms with Crippen molar-refractivity contribution in [1.82, 2.24) is 5.32 Å². The molecule has 0 saturated carbocycles. The van der Waals surface area contributed by atoms with Gasteiger partial charge in [0.15, 0.2) is 0 Å². The summed E-state index contributed by atoms with van der Waals surface area (Å²) in [6.45, 7) is 5.76. The molecule has 0 amide bonds. The first kappa shape index (κ1) is 14.5. The summed E-state index contributed by atoms with van der Waals surface area (Å²) in [6, 6.07) is 6.01. The summed E-state index contributed by atoms with van der Waals surface area (Å²) in [5, 5.41) is 3.38. The lowest BCUT2D eigenvalue weighted by Crippen LogP contribution is -2.35. The van der Waals surface area contributed by atoms with Crippen LogP contribution in [0.5, 0.6) is 5.75 Å². The van der Waals surface area contributed by atoms with E-state index >= 15 is 0 Å². The van der Waals surface area contributed by atoms with Gasteiger partial charge in [0.2, 0.25) is 0 Å². The Labute approximate surface area is 112 Å². The SMILES string of the molecule is COc1ccc(Br)cc1CNCCC(C)(C)N. The van der Waals surface area contributed by atoms with Gasteiger partial charge in [-0.2, -0.15) is 0 Å². The highest BCUT2D eigenvalue weighted by Crippen LogP contribution is 2.22. The molecule has 1 aromatic carbocycles. The fourth-order valence-corrected chi connectivity index (χ4v) is 1.93. The van der Waals surface area contributed by atoms with Crippen molar-refractivity contribution in [2.45, 2.75) is 32.4 Å². The molecule has 0 fully saturated rings. The third-order valence-electron chi connectivity index (χ3n) is 2.50. The van der Waals surface area contributed by atoms with Crippen LogP contribution in [0.15, 0.2) is 22.7 Å². The topological polar surface area (TPSA) is 47.3 Å². The molecular weight excluding hydrogens is 280 g/mol. The number of nitrogens with two attached hydrogens (primary N) is 1. The minimum Gasteiger partial charge on any atom is -0.496 e. The summed E-state index contributed by atoms with van der Waals surface area (Å²) in [5.74, 6) is 0.910. The summed E-state index contributed by atoms with van der Waals surface area (Å²) in [6.07, 6.45) is 0.948. The molecule has 0 radical (unpaired) electrons. The Hall–Kier alpha value is -0.580. The van der Waals surface area contributed by atoms with E-state index in [0.29, 0.717) is 0 Å². The van der Waals surface area contributed by atoms with E-state index in [1.807, 2.05) is 26.0 Å². The molecule has 0 aliphatic rings. The molecule has 17 heavy (non-hydrogen) atoms. The highest BCUT2D eigenvalue weighted by molar-refractivity contribution is 9.10. The average molecular weight is 301 g/mol. The van der Waals surface area contributed by atoms with Crippen LogP contribution in [0, 0.1) is 0 Å². The molecule has 1 rings (SSSR count). The molecule has 0 bridgehead atoms. The lowest BCUT2D eigenvalue weighted by Gasteiger charge is -2.18. The summed E-state index contributed by atoms with van der Waals surface area (Å²) < 4.78 is 6.38. The maximum atomic E-state index is 5.92. The highest BCUT2D eigenvalue weighted by Gasteiger charge is 2.09. The van der Waals surface area contributed by atoms with Gasteiger partial charge in [-0.1, -0.05) is 15.9 Å². The second-order valence-electron chi connectivity index (χ2n) is 4.87. The monoisotopic (exact) mass is 300 g/mol. The Balaban J connectivity index is 2.48. The summed E-state index contributed by atoms with van der Waals surface area (Å²) in [7, 11) is 1.69. The van der Waals surface area contributed by atoms with Gasteiger partial charge < -0.3 is 15.8 Å². The van der Waals surface area contributed by atoms with Gasteiger partial charge in [-0.05, 0) is 45.0 Å². The fraction of sp³-hybridized carbons (Fsp3) is 0.538. The normalized spacial score (nSPS) is 11.6. The lowest BCUT2D eigenvalue weighted by molar-refractivity contribution is 0.405. The average Bonchev–Trinajstić information content (AvgIpc) is 2.23. The molecule has 0 aliphatic heterocycles. The van der Waals surface area contributed by atoms with Crippen LogP contribution in [0.3, 0.4) is 0 Å². The first-order chi connectivity index (χ1) is 7.92. The van der Waals surface area contributed by atoms with Crippen LogP contribution in [0.1, 0.15) is 25.8 Å². The number of rotatable bonds is 6. The molecular formula is C13H21BrN2O. The predicted octanol–water partition coefficient (Wildman–Crippen LogP) is 2.67. The zero-order valence-corrected chi connectivity index (χ0v) is 12.3. The molecule has 0 unspecified atom stereocenters. The van der Waals surface area contributed by atoms with Crippen LogP contribution in [0.25, 0.3) is 0 Å². The van der Waals surface area contributed by atoms with Crippen molar-refractivity contribution in [3.8, 4) is 5.75 Å². The van der Waals surface area contributed by atoms with E-state index in [1.54, 1.807) is 7.11 Å². The van der Waals surface area contributed by atoms with Crippen molar-refractivity contribution in [2.75, 3.05) is 13.7 Å². The Kier molecular flexibility index (Phi) is 5.43. The van der Waals surface area contributed by atoms with E-state index in [1.165, 1.54) is 0 Å². The fourth-order valence-electron chi connectivity index (χ4n) is 1.52. The van der Waals surface area contributed by atoms with Crippen LogP contribution in [-0.4, -0.2) is 19.2 Å². The Morgan fingerprint density at radius 2 is 2.12 bits per heavy atom. The third-order valence-corrected chi connectivity index (χ3v) is 3.00. The minimum atomic E-state index is -0.117. The molecule has 0 aliphatic carbocycles. The van der Waals surface area contributed by atoms with Crippen molar-refractivity contribution in [3.63, 3.8) is 0 Å². The smallest absolute Gasteiger partial charge is 0.123 e. The highest BCUT2D eigenvalue weighted by atomic mass is 79.9. The van der Waals surface area contributed by atoms with Crippen LogP contribution >= 0.6 is 15.9 Å². The molecule has 0 aromatic heterocycles. The number of methoxy groups -OCH3 is 1. The number of hydrogen-bond donors (Lipinski definition) is 2. The van der Waals surface area contributed by atoms with Crippen molar-refractivity contribution in [1.29, 1.82) is 0 Å². The second-order valence-corrected chi connectivity index (χ2v) is 5.79. The maximum absolute atomic E-state index is 5.92. The van der Waals surface area contributed by atoms with Crippen molar-refractivity contribution >= 4 is 15.9 Å². The van der Waals surface area contributed by atoms with Gasteiger partial charge in [-0.3, -0.25) is 0 Å². The van der Waals surface area contributed by atoms with Gasteiger partial charge in [0.05, 0.1) is 7.11 Å². The number of hydrogen-bond acceptors (Lipinski definition) is 3. The van der Waals surface area contributed by atoms with Gasteiger partial charge in [-0.15, -0.1) is 0 Å². The zero-order valence-electron chi connectivity index (χ0n) is 10.7.